The minimum absolute atomic E-state index is 0.275. The second-order valence-electron chi connectivity index (χ2n) is 8.82. The molecule has 156 valence electrons. The molecule has 4 rings (SSSR count). The Bertz CT molecular complexity index is 1030. The second-order valence-corrected chi connectivity index (χ2v) is 10.6. The third-order valence-electron chi connectivity index (χ3n) is 6.74. The van der Waals surface area contributed by atoms with Gasteiger partial charge in [0.05, 0.1) is 4.90 Å². The minimum Gasteiger partial charge on any atom is -0.508 e. The fourth-order valence-corrected chi connectivity index (χ4v) is 5.81. The predicted molar refractivity (Wildman–Crippen MR) is 116 cm³/mol. The Kier molecular flexibility index (Phi) is 5.11. The third kappa shape index (κ3) is 3.76. The molecule has 1 saturated carbocycles. The number of aromatic hydroxyl groups is 1. The molecule has 6 heteroatoms. The van der Waals surface area contributed by atoms with Crippen LogP contribution in [-0.2, 0) is 16.4 Å². The van der Waals surface area contributed by atoms with Crippen LogP contribution in [0, 0.1) is 26.2 Å². The highest BCUT2D eigenvalue weighted by Gasteiger charge is 2.43. The third-order valence-corrected chi connectivity index (χ3v) is 8.22. The van der Waals surface area contributed by atoms with Crippen molar-refractivity contribution in [3.8, 4) is 5.75 Å². The van der Waals surface area contributed by atoms with E-state index in [2.05, 4.69) is 16.5 Å². The van der Waals surface area contributed by atoms with Crippen LogP contribution in [0.4, 0.5) is 5.69 Å². The molecule has 2 N–H and O–H groups in total. The molecule has 0 bridgehead atoms. The van der Waals surface area contributed by atoms with Gasteiger partial charge in [-0.05, 0) is 80.3 Å². The molecule has 0 unspecified atom stereocenters. The van der Waals surface area contributed by atoms with Crippen LogP contribution in [-0.4, -0.2) is 33.2 Å². The maximum Gasteiger partial charge on any atom is 0.240 e. The molecular weight excluding hydrogens is 384 g/mol. The van der Waals surface area contributed by atoms with E-state index in [1.165, 1.54) is 30.5 Å². The van der Waals surface area contributed by atoms with Crippen molar-refractivity contribution >= 4 is 15.7 Å². The van der Waals surface area contributed by atoms with Gasteiger partial charge in [-0.3, -0.25) is 0 Å². The number of nitrogens with one attached hydrogen (secondary N) is 1. The van der Waals surface area contributed by atoms with Crippen molar-refractivity contribution in [3.63, 3.8) is 0 Å². The van der Waals surface area contributed by atoms with Gasteiger partial charge in [0.2, 0.25) is 10.0 Å². The lowest BCUT2D eigenvalue weighted by atomic mass is 9.63. The molecule has 1 aliphatic carbocycles. The molecule has 2 aliphatic rings. The zero-order chi connectivity index (χ0) is 20.8. The summed E-state index contributed by atoms with van der Waals surface area (Å²) in [5.74, 6) is 0.359. The van der Waals surface area contributed by atoms with Crippen LogP contribution in [0.1, 0.15) is 41.5 Å². The van der Waals surface area contributed by atoms with Crippen molar-refractivity contribution in [2.24, 2.45) is 5.41 Å². The van der Waals surface area contributed by atoms with Crippen LogP contribution < -0.4 is 9.62 Å². The number of anilines is 1. The van der Waals surface area contributed by atoms with Gasteiger partial charge >= 0.3 is 0 Å². The van der Waals surface area contributed by atoms with Crippen molar-refractivity contribution in [1.82, 2.24) is 4.72 Å². The van der Waals surface area contributed by atoms with Crippen LogP contribution in [0.5, 0.6) is 5.75 Å². The Labute approximate surface area is 173 Å². The smallest absolute Gasteiger partial charge is 0.240 e. The molecule has 2 aromatic carbocycles. The topological polar surface area (TPSA) is 69.6 Å². The van der Waals surface area contributed by atoms with Gasteiger partial charge in [0, 0.05) is 25.3 Å². The summed E-state index contributed by atoms with van der Waals surface area (Å²) in [6.45, 7) is 7.86. The molecule has 2 aromatic rings. The average Bonchev–Trinajstić information content (AvgIpc) is 2.64. The molecule has 1 spiro atoms. The van der Waals surface area contributed by atoms with Crippen LogP contribution >= 0.6 is 0 Å². The molecule has 5 nitrogen and oxygen atoms in total. The second kappa shape index (κ2) is 7.33. The van der Waals surface area contributed by atoms with Gasteiger partial charge in [-0.25, -0.2) is 13.1 Å². The minimum atomic E-state index is -3.52. The molecule has 29 heavy (non-hydrogen) atoms. The van der Waals surface area contributed by atoms with Crippen LogP contribution in [0.25, 0.3) is 0 Å². The molecule has 1 fully saturated rings. The van der Waals surface area contributed by atoms with Crippen LogP contribution in [0.15, 0.2) is 35.2 Å². The quantitative estimate of drug-likeness (QED) is 0.780. The highest BCUT2D eigenvalue weighted by molar-refractivity contribution is 7.89. The number of sulfonamides is 1. The van der Waals surface area contributed by atoms with Gasteiger partial charge < -0.3 is 10.0 Å². The number of phenolic OH excluding ortho intramolecular Hbond substituents is 1. The first-order chi connectivity index (χ1) is 13.7. The summed E-state index contributed by atoms with van der Waals surface area (Å²) in [4.78, 5) is 2.63. The Morgan fingerprint density at radius 3 is 2.41 bits per heavy atom. The largest absolute Gasteiger partial charge is 0.508 e. The Balaban J connectivity index is 1.54. The molecule has 0 amide bonds. The average molecular weight is 415 g/mol. The summed E-state index contributed by atoms with van der Waals surface area (Å²) in [5.41, 5.74) is 5.67. The molecule has 0 radical (unpaired) electrons. The number of nitrogens with zero attached hydrogens (tertiary/aromatic N) is 1. The highest BCUT2D eigenvalue weighted by atomic mass is 32.2. The van der Waals surface area contributed by atoms with Crippen LogP contribution in [0.2, 0.25) is 0 Å². The molecule has 1 aliphatic heterocycles. The van der Waals surface area contributed by atoms with Crippen molar-refractivity contribution in [2.75, 3.05) is 24.5 Å². The Morgan fingerprint density at radius 1 is 1.10 bits per heavy atom. The lowest BCUT2D eigenvalue weighted by molar-refractivity contribution is 0.134. The first kappa shape index (κ1) is 20.2. The maximum atomic E-state index is 12.6. The summed E-state index contributed by atoms with van der Waals surface area (Å²) in [6, 6.07) is 8.84. The maximum absolute atomic E-state index is 12.6. The van der Waals surface area contributed by atoms with Gasteiger partial charge in [-0.2, -0.15) is 0 Å². The van der Waals surface area contributed by atoms with E-state index in [4.69, 9.17) is 0 Å². The summed E-state index contributed by atoms with van der Waals surface area (Å²) in [7, 11) is -3.52. The standard InChI is InChI=1S/C23H30N2O3S/c1-16-5-7-20(8-6-16)29(27,28)24-11-12-25-15-23(9-4-10-23)14-19-13-21(26)17(2)18(3)22(19)25/h5-8,13,24,26H,4,9-12,14-15H2,1-3H3. The van der Waals surface area contributed by atoms with Gasteiger partial charge in [0.1, 0.15) is 5.75 Å². The van der Waals surface area contributed by atoms with Crippen LogP contribution in [0.3, 0.4) is 0 Å². The summed E-state index contributed by atoms with van der Waals surface area (Å²) >= 11 is 0. The molecular formula is C23H30N2O3S. The number of fused-ring (bicyclic) bond motifs is 1. The lowest BCUT2D eigenvalue weighted by Crippen LogP contribution is -2.49. The zero-order valence-electron chi connectivity index (χ0n) is 17.5. The summed E-state index contributed by atoms with van der Waals surface area (Å²) < 4.78 is 28.0. The van der Waals surface area contributed by atoms with E-state index in [0.29, 0.717) is 23.7 Å². The Morgan fingerprint density at radius 2 is 1.79 bits per heavy atom. The number of phenols is 1. The van der Waals surface area contributed by atoms with Gasteiger partial charge in [0.15, 0.2) is 0 Å². The van der Waals surface area contributed by atoms with E-state index in [1.54, 1.807) is 12.1 Å². The Hall–Kier alpha value is -2.05. The van der Waals surface area contributed by atoms with Crippen molar-refractivity contribution in [3.05, 3.63) is 52.6 Å². The van der Waals surface area contributed by atoms with E-state index in [0.717, 1.165) is 29.7 Å². The summed E-state index contributed by atoms with van der Waals surface area (Å²) in [6.07, 6.45) is 4.65. The summed E-state index contributed by atoms with van der Waals surface area (Å²) in [5, 5.41) is 10.3. The number of hydrogen-bond donors (Lipinski definition) is 2. The normalized spacial score (nSPS) is 17.8. The number of benzene rings is 2. The van der Waals surface area contributed by atoms with E-state index in [9.17, 15) is 13.5 Å². The van der Waals surface area contributed by atoms with Crippen molar-refractivity contribution in [2.45, 2.75) is 51.3 Å². The zero-order valence-corrected chi connectivity index (χ0v) is 18.3. The monoisotopic (exact) mass is 414 g/mol. The van der Waals surface area contributed by atoms with E-state index in [1.807, 2.05) is 32.0 Å². The first-order valence-electron chi connectivity index (χ1n) is 10.3. The highest BCUT2D eigenvalue weighted by Crippen LogP contribution is 2.51. The molecule has 0 aromatic heterocycles. The van der Waals surface area contributed by atoms with Crippen molar-refractivity contribution in [1.29, 1.82) is 0 Å². The molecule has 0 saturated heterocycles. The fraction of sp³-hybridized carbons (Fsp3) is 0.478. The van der Waals surface area contributed by atoms with E-state index < -0.39 is 10.0 Å². The van der Waals surface area contributed by atoms with Gasteiger partial charge in [-0.1, -0.05) is 24.1 Å². The SMILES string of the molecule is Cc1ccc(S(=O)(=O)NCCN2CC3(CCC3)Cc3cc(O)c(C)c(C)c32)cc1. The van der Waals surface area contributed by atoms with Gasteiger partial charge in [-0.15, -0.1) is 0 Å². The lowest BCUT2D eigenvalue weighted by Gasteiger charge is -2.50. The van der Waals surface area contributed by atoms with Gasteiger partial charge in [0.25, 0.3) is 0 Å². The van der Waals surface area contributed by atoms with Crippen molar-refractivity contribution < 1.29 is 13.5 Å². The fourth-order valence-electron chi connectivity index (χ4n) is 4.79. The number of aryl methyl sites for hydroxylation is 1. The number of hydrogen-bond acceptors (Lipinski definition) is 4. The number of rotatable bonds is 5. The molecule has 0 atom stereocenters. The van der Waals surface area contributed by atoms with E-state index in [-0.39, 0.29) is 5.41 Å². The first-order valence-corrected chi connectivity index (χ1v) is 11.8. The van der Waals surface area contributed by atoms with E-state index >= 15 is 0 Å². The molecule has 1 heterocycles. The predicted octanol–water partition coefficient (Wildman–Crippen LogP) is 3.83.